The Labute approximate surface area is 281 Å². The number of hydrogen-bond acceptors (Lipinski definition) is 7. The third-order valence-electron chi connectivity index (χ3n) is 7.10. The van der Waals surface area contributed by atoms with Crippen LogP contribution in [-0.4, -0.2) is 46.3 Å². The van der Waals surface area contributed by atoms with Gasteiger partial charge in [-0.1, -0.05) is 47.5 Å². The molecule has 0 radical (unpaired) electrons. The summed E-state index contributed by atoms with van der Waals surface area (Å²) in [5.41, 5.74) is 4.89. The Morgan fingerprint density at radius 3 is 2.51 bits per heavy atom. The van der Waals surface area contributed by atoms with Crippen LogP contribution >= 0.6 is 23.2 Å². The van der Waals surface area contributed by atoms with Crippen molar-refractivity contribution in [1.29, 1.82) is 0 Å². The molecule has 0 atom stereocenters. The molecule has 0 aliphatic carbocycles. The summed E-state index contributed by atoms with van der Waals surface area (Å²) in [5, 5.41) is 6.02. The van der Waals surface area contributed by atoms with E-state index in [0.717, 1.165) is 11.4 Å². The van der Waals surface area contributed by atoms with Gasteiger partial charge in [0.15, 0.2) is 0 Å². The van der Waals surface area contributed by atoms with Crippen molar-refractivity contribution >= 4 is 63.7 Å². The second kappa shape index (κ2) is 15.3. The molecule has 238 valence electrons. The Morgan fingerprint density at radius 1 is 0.936 bits per heavy atom. The number of carbonyl (C=O) groups excluding carboxylic acids is 3. The molecule has 2 aromatic heterocycles. The molecule has 10 nitrogen and oxygen atoms in total. The summed E-state index contributed by atoms with van der Waals surface area (Å²) >= 11 is 13.2. The molecule has 2 N–H and O–H groups in total. The topological polar surface area (TPSA) is 126 Å². The number of aromatic nitrogens is 3. The smallest absolute Gasteiger partial charge is 0.251 e. The van der Waals surface area contributed by atoms with Crippen LogP contribution in [0.3, 0.4) is 0 Å². The quantitative estimate of drug-likeness (QED) is 0.167. The van der Waals surface area contributed by atoms with E-state index in [1.165, 1.54) is 11.0 Å². The van der Waals surface area contributed by atoms with Gasteiger partial charge in [-0.3, -0.25) is 24.4 Å². The molecule has 5 aromatic rings. The lowest BCUT2D eigenvalue weighted by Crippen LogP contribution is -2.37. The van der Waals surface area contributed by atoms with Gasteiger partial charge in [0.2, 0.25) is 11.8 Å². The molecule has 0 aliphatic rings. The van der Waals surface area contributed by atoms with Gasteiger partial charge in [0.1, 0.15) is 17.9 Å². The average molecular weight is 670 g/mol. The highest BCUT2D eigenvalue weighted by Gasteiger charge is 2.19. The molecular weight excluding hydrogens is 639 g/mol. The van der Waals surface area contributed by atoms with Crippen LogP contribution in [0.1, 0.15) is 32.9 Å². The van der Waals surface area contributed by atoms with E-state index in [2.05, 4.69) is 25.6 Å². The first kappa shape index (κ1) is 33.1. The van der Waals surface area contributed by atoms with Crippen molar-refractivity contribution in [2.45, 2.75) is 20.1 Å². The van der Waals surface area contributed by atoms with Crippen LogP contribution in [0, 0.1) is 6.92 Å². The van der Waals surface area contributed by atoms with Crippen molar-refractivity contribution < 1.29 is 19.1 Å². The number of amides is 3. The molecule has 0 aliphatic heterocycles. The molecule has 2 heterocycles. The Bertz CT molecular complexity index is 1950. The van der Waals surface area contributed by atoms with E-state index in [4.69, 9.17) is 27.9 Å². The molecule has 3 amide bonds. The zero-order valence-corrected chi connectivity index (χ0v) is 27.0. The average Bonchev–Trinajstić information content (AvgIpc) is 3.09. The van der Waals surface area contributed by atoms with Gasteiger partial charge in [0.05, 0.1) is 40.7 Å². The van der Waals surface area contributed by atoms with E-state index in [1.807, 2.05) is 37.3 Å². The van der Waals surface area contributed by atoms with Crippen molar-refractivity contribution in [3.63, 3.8) is 0 Å². The summed E-state index contributed by atoms with van der Waals surface area (Å²) in [6, 6.07) is 21.0. The van der Waals surface area contributed by atoms with E-state index < -0.39 is 11.8 Å². The number of para-hydroxylation sites is 1. The van der Waals surface area contributed by atoms with Crippen LogP contribution in [0.2, 0.25) is 10.0 Å². The predicted octanol–water partition coefficient (Wildman–Crippen LogP) is 5.94. The number of nitrogens with one attached hydrogen (secondary N) is 2. The van der Waals surface area contributed by atoms with Crippen molar-refractivity contribution in [3.8, 4) is 5.75 Å². The molecule has 0 fully saturated rings. The summed E-state index contributed by atoms with van der Waals surface area (Å²) in [6.07, 6.45) is 6.25. The first-order valence-corrected chi connectivity index (χ1v) is 15.3. The van der Waals surface area contributed by atoms with Crippen molar-refractivity contribution in [1.82, 2.24) is 25.6 Å². The second-order valence-electron chi connectivity index (χ2n) is 10.4. The zero-order chi connectivity index (χ0) is 33.3. The molecule has 0 bridgehead atoms. The molecule has 0 unspecified atom stereocenters. The minimum atomic E-state index is -0.464. The molecule has 3 aromatic carbocycles. The number of likely N-dealkylation sites (N-methyl/N-ethyl adjacent to an activating group) is 1. The largest absolute Gasteiger partial charge is 0.486 e. The van der Waals surface area contributed by atoms with Gasteiger partial charge in [-0.2, -0.15) is 0 Å². The molecule has 0 saturated heterocycles. The summed E-state index contributed by atoms with van der Waals surface area (Å²) in [4.78, 5) is 52.3. The van der Waals surface area contributed by atoms with Gasteiger partial charge in [0.25, 0.3) is 5.91 Å². The highest BCUT2D eigenvalue weighted by molar-refractivity contribution is 6.38. The van der Waals surface area contributed by atoms with Crippen molar-refractivity contribution in [3.05, 3.63) is 129 Å². The van der Waals surface area contributed by atoms with Crippen LogP contribution in [0.5, 0.6) is 5.75 Å². The fraction of sp³-hybridized carbons (Fsp3) is 0.143. The number of fused-ring (bicyclic) bond motifs is 1. The minimum Gasteiger partial charge on any atom is -0.486 e. The maximum absolute atomic E-state index is 13.0. The summed E-state index contributed by atoms with van der Waals surface area (Å²) in [7, 11) is 1.56. The number of anilines is 1. The van der Waals surface area contributed by atoms with Gasteiger partial charge < -0.3 is 20.3 Å². The Morgan fingerprint density at radius 2 is 1.74 bits per heavy atom. The summed E-state index contributed by atoms with van der Waals surface area (Å²) in [6.45, 7) is 1.92. The van der Waals surface area contributed by atoms with Crippen LogP contribution in [0.25, 0.3) is 17.1 Å². The van der Waals surface area contributed by atoms with Gasteiger partial charge in [-0.05, 0) is 67.1 Å². The molecule has 12 heteroatoms. The van der Waals surface area contributed by atoms with Crippen LogP contribution in [0.4, 0.5) is 5.69 Å². The van der Waals surface area contributed by atoms with E-state index in [1.54, 1.807) is 68.0 Å². The fourth-order valence-corrected chi connectivity index (χ4v) is 5.11. The van der Waals surface area contributed by atoms with Crippen molar-refractivity contribution in [2.24, 2.45) is 0 Å². The molecule has 0 spiro atoms. The van der Waals surface area contributed by atoms with Gasteiger partial charge in [-0.25, -0.2) is 4.98 Å². The number of rotatable bonds is 11. The number of benzene rings is 3. The molecule has 0 saturated carbocycles. The number of halogens is 2. The Kier molecular flexibility index (Phi) is 10.8. The Hall–Kier alpha value is -5.32. The molecule has 5 rings (SSSR count). The SMILES string of the molecule is Cc1cnc2cccc(OCc3c(Cl)ccc(N(C)C(=O)CNC(=O)C=Cc4ccc(C(=O)NCc5ccccn5)cc4)c3Cl)c2n1. The first-order valence-electron chi connectivity index (χ1n) is 14.5. The number of hydrogen-bond donors (Lipinski definition) is 2. The second-order valence-corrected chi connectivity index (χ2v) is 11.2. The monoisotopic (exact) mass is 668 g/mol. The third kappa shape index (κ3) is 8.49. The zero-order valence-electron chi connectivity index (χ0n) is 25.5. The molecular formula is C35H30Cl2N6O4. The number of nitrogens with zero attached hydrogens (tertiary/aromatic N) is 4. The summed E-state index contributed by atoms with van der Waals surface area (Å²) < 4.78 is 6.04. The minimum absolute atomic E-state index is 0.0284. The normalized spacial score (nSPS) is 11.0. The number of pyridine rings is 1. The lowest BCUT2D eigenvalue weighted by Gasteiger charge is -2.21. The lowest BCUT2D eigenvalue weighted by atomic mass is 10.1. The third-order valence-corrected chi connectivity index (χ3v) is 7.88. The number of carbonyl (C=O) groups is 3. The van der Waals surface area contributed by atoms with Gasteiger partial charge in [-0.15, -0.1) is 0 Å². The highest BCUT2D eigenvalue weighted by Crippen LogP contribution is 2.35. The van der Waals surface area contributed by atoms with E-state index >= 15 is 0 Å². The highest BCUT2D eigenvalue weighted by atomic mass is 35.5. The van der Waals surface area contributed by atoms with Gasteiger partial charge in [0, 0.05) is 41.7 Å². The standard InChI is InChI=1S/C35H30Cl2N6O4/c1-22-18-39-28-7-5-8-30(34(28)42-22)47-21-26-27(36)14-15-29(33(26)37)43(2)32(45)20-40-31(44)16-11-23-9-12-24(13-10-23)35(46)41-19-25-6-3-4-17-38-25/h3-18H,19-21H2,1-2H3,(H,40,44)(H,41,46). The van der Waals surface area contributed by atoms with E-state index in [-0.39, 0.29) is 24.1 Å². The van der Waals surface area contributed by atoms with Crippen molar-refractivity contribution in [2.75, 3.05) is 18.5 Å². The first-order chi connectivity index (χ1) is 22.7. The van der Waals surface area contributed by atoms with E-state index in [9.17, 15) is 14.4 Å². The number of ether oxygens (including phenoxy) is 1. The maximum Gasteiger partial charge on any atom is 0.251 e. The lowest BCUT2D eigenvalue weighted by molar-refractivity contribution is -0.122. The predicted molar refractivity (Wildman–Crippen MR) is 182 cm³/mol. The maximum atomic E-state index is 13.0. The van der Waals surface area contributed by atoms with Crippen LogP contribution in [0.15, 0.2) is 91.3 Å². The molecule has 47 heavy (non-hydrogen) atoms. The van der Waals surface area contributed by atoms with Crippen LogP contribution < -0.4 is 20.3 Å². The summed E-state index contributed by atoms with van der Waals surface area (Å²) in [5.74, 6) is -0.575. The van der Waals surface area contributed by atoms with Gasteiger partial charge >= 0.3 is 0 Å². The Balaban J connectivity index is 1.14. The van der Waals surface area contributed by atoms with Crippen LogP contribution in [-0.2, 0) is 22.7 Å². The fourth-order valence-electron chi connectivity index (χ4n) is 4.51. The number of aryl methyl sites for hydroxylation is 1. The van der Waals surface area contributed by atoms with E-state index in [0.29, 0.717) is 50.7 Å².